The van der Waals surface area contributed by atoms with Gasteiger partial charge in [-0.15, -0.1) is 5.10 Å². The summed E-state index contributed by atoms with van der Waals surface area (Å²) < 4.78 is 0.853. The van der Waals surface area contributed by atoms with E-state index in [0.717, 1.165) is 21.5 Å². The number of carbonyl (C=O) groups is 1. The second-order valence-electron chi connectivity index (χ2n) is 5.04. The van der Waals surface area contributed by atoms with Gasteiger partial charge in [-0.3, -0.25) is 9.89 Å². The molecule has 24 heavy (non-hydrogen) atoms. The molecule has 0 aliphatic heterocycles. The van der Waals surface area contributed by atoms with Crippen molar-refractivity contribution in [2.45, 2.75) is 11.6 Å². The van der Waals surface area contributed by atoms with Crippen molar-refractivity contribution in [3.05, 3.63) is 70.5 Å². The number of hydrogen-bond acceptors (Lipinski definition) is 4. The van der Waals surface area contributed by atoms with Crippen LogP contribution >= 0.6 is 27.7 Å². The molecule has 1 amide bonds. The lowest BCUT2D eigenvalue weighted by molar-refractivity contribution is -0.113. The first-order chi connectivity index (χ1) is 11.7. The number of rotatable bonds is 6. The highest BCUT2D eigenvalue weighted by atomic mass is 79.9. The van der Waals surface area contributed by atoms with E-state index < -0.39 is 0 Å². The van der Waals surface area contributed by atoms with Gasteiger partial charge in [-0.1, -0.05) is 54.2 Å². The number of nitrogens with one attached hydrogen (secondary N) is 2. The summed E-state index contributed by atoms with van der Waals surface area (Å²) in [7, 11) is 0. The van der Waals surface area contributed by atoms with Crippen LogP contribution in [0.15, 0.2) is 64.2 Å². The molecule has 2 aromatic carbocycles. The summed E-state index contributed by atoms with van der Waals surface area (Å²) in [5.41, 5.74) is 1.92. The zero-order valence-corrected chi connectivity index (χ0v) is 15.1. The largest absolute Gasteiger partial charge is 0.324 e. The lowest BCUT2D eigenvalue weighted by atomic mass is 10.1. The van der Waals surface area contributed by atoms with E-state index in [4.69, 9.17) is 0 Å². The fourth-order valence-electron chi connectivity index (χ4n) is 2.09. The molecule has 0 saturated carbocycles. The van der Waals surface area contributed by atoms with Gasteiger partial charge in [0.2, 0.25) is 11.1 Å². The number of thioether (sulfide) groups is 1. The number of halogens is 1. The fourth-order valence-corrected chi connectivity index (χ4v) is 3.09. The normalized spacial score (nSPS) is 10.5. The standard InChI is InChI=1S/C17H15BrN4OS/c18-13-8-4-5-9-14(13)19-16(23)11-24-17-20-15(21-22-17)10-12-6-2-1-3-7-12/h1-9H,10-11H2,(H,19,23)(H,20,21,22). The van der Waals surface area contributed by atoms with Crippen molar-refractivity contribution in [2.75, 3.05) is 11.1 Å². The van der Waals surface area contributed by atoms with Gasteiger partial charge >= 0.3 is 0 Å². The molecule has 0 radical (unpaired) electrons. The SMILES string of the molecule is O=C(CSc1n[nH]c(Cc2ccccc2)n1)Nc1ccccc1Br. The number of hydrogen-bond donors (Lipinski definition) is 2. The Morgan fingerprint density at radius 3 is 2.67 bits per heavy atom. The van der Waals surface area contributed by atoms with Gasteiger partial charge in [0.25, 0.3) is 0 Å². The number of benzene rings is 2. The van der Waals surface area contributed by atoms with Crippen LogP contribution in [0.4, 0.5) is 5.69 Å². The number of carbonyl (C=O) groups excluding carboxylic acids is 1. The lowest BCUT2D eigenvalue weighted by Crippen LogP contribution is -2.14. The number of para-hydroxylation sites is 1. The number of H-pyrrole nitrogens is 1. The molecule has 0 spiro atoms. The van der Waals surface area contributed by atoms with Gasteiger partial charge in [0.05, 0.1) is 11.4 Å². The first kappa shape index (κ1) is 16.7. The van der Waals surface area contributed by atoms with E-state index in [-0.39, 0.29) is 11.7 Å². The zero-order valence-electron chi connectivity index (χ0n) is 12.7. The first-order valence-corrected chi connectivity index (χ1v) is 9.11. The predicted molar refractivity (Wildman–Crippen MR) is 99.1 cm³/mol. The van der Waals surface area contributed by atoms with Gasteiger partial charge in [-0.25, -0.2) is 4.98 Å². The third-order valence-corrected chi connectivity index (χ3v) is 4.74. The van der Waals surface area contributed by atoms with Crippen molar-refractivity contribution in [2.24, 2.45) is 0 Å². The van der Waals surface area contributed by atoms with Crippen LogP contribution in [-0.2, 0) is 11.2 Å². The van der Waals surface area contributed by atoms with E-state index in [1.54, 1.807) is 0 Å². The van der Waals surface area contributed by atoms with E-state index in [0.29, 0.717) is 11.6 Å². The monoisotopic (exact) mass is 402 g/mol. The molecule has 0 aliphatic carbocycles. The summed E-state index contributed by atoms with van der Waals surface area (Å²) in [6.07, 6.45) is 0.692. The minimum atomic E-state index is -0.0960. The molecular formula is C17H15BrN4OS. The molecule has 3 rings (SSSR count). The van der Waals surface area contributed by atoms with Gasteiger partial charge < -0.3 is 5.32 Å². The quantitative estimate of drug-likeness (QED) is 0.613. The van der Waals surface area contributed by atoms with Crippen molar-refractivity contribution >= 4 is 39.3 Å². The van der Waals surface area contributed by atoms with Gasteiger partial charge in [0.15, 0.2) is 0 Å². The maximum atomic E-state index is 12.0. The zero-order chi connectivity index (χ0) is 16.8. The highest BCUT2D eigenvalue weighted by molar-refractivity contribution is 9.10. The summed E-state index contributed by atoms with van der Waals surface area (Å²) in [6, 6.07) is 17.6. The third-order valence-electron chi connectivity index (χ3n) is 3.21. The Labute approximate surface area is 152 Å². The van der Waals surface area contributed by atoms with Crippen LogP contribution in [0, 0.1) is 0 Å². The Kier molecular flexibility index (Phi) is 5.66. The number of anilines is 1. The van der Waals surface area contributed by atoms with Crippen LogP contribution in [0.25, 0.3) is 0 Å². The number of aromatic amines is 1. The van der Waals surface area contributed by atoms with Gasteiger partial charge in [0.1, 0.15) is 5.82 Å². The molecule has 0 bridgehead atoms. The Morgan fingerprint density at radius 1 is 1.12 bits per heavy atom. The number of amides is 1. The lowest BCUT2D eigenvalue weighted by Gasteiger charge is -2.05. The van der Waals surface area contributed by atoms with Crippen LogP contribution in [0.3, 0.4) is 0 Å². The summed E-state index contributed by atoms with van der Waals surface area (Å²) in [4.78, 5) is 16.4. The van der Waals surface area contributed by atoms with Crippen molar-refractivity contribution in [1.29, 1.82) is 0 Å². The predicted octanol–water partition coefficient (Wildman–Crippen LogP) is 3.89. The van der Waals surface area contributed by atoms with Gasteiger partial charge in [-0.2, -0.15) is 0 Å². The molecule has 7 heteroatoms. The number of aromatic nitrogens is 3. The molecule has 3 aromatic rings. The Hall–Kier alpha value is -2.12. The highest BCUT2D eigenvalue weighted by Crippen LogP contribution is 2.22. The highest BCUT2D eigenvalue weighted by Gasteiger charge is 2.09. The van der Waals surface area contributed by atoms with Crippen LogP contribution in [0.1, 0.15) is 11.4 Å². The second-order valence-corrected chi connectivity index (χ2v) is 6.84. The van der Waals surface area contributed by atoms with Crippen molar-refractivity contribution in [3.63, 3.8) is 0 Å². The fraction of sp³-hybridized carbons (Fsp3) is 0.118. The summed E-state index contributed by atoms with van der Waals surface area (Å²) in [5.74, 6) is 0.945. The van der Waals surface area contributed by atoms with E-state index in [2.05, 4.69) is 36.4 Å². The van der Waals surface area contributed by atoms with E-state index in [9.17, 15) is 4.79 Å². The molecular weight excluding hydrogens is 388 g/mol. The minimum absolute atomic E-state index is 0.0960. The topological polar surface area (TPSA) is 70.7 Å². The Balaban J connectivity index is 1.52. The Bertz CT molecular complexity index is 822. The van der Waals surface area contributed by atoms with E-state index in [1.807, 2.05) is 54.6 Å². The van der Waals surface area contributed by atoms with Crippen LogP contribution in [0.5, 0.6) is 0 Å². The molecule has 2 N–H and O–H groups in total. The molecule has 0 fully saturated rings. The molecule has 0 atom stereocenters. The van der Waals surface area contributed by atoms with E-state index >= 15 is 0 Å². The number of nitrogens with zero attached hydrogens (tertiary/aromatic N) is 2. The van der Waals surface area contributed by atoms with Crippen molar-refractivity contribution in [1.82, 2.24) is 15.2 Å². The summed E-state index contributed by atoms with van der Waals surface area (Å²) >= 11 is 4.71. The smallest absolute Gasteiger partial charge is 0.234 e. The maximum absolute atomic E-state index is 12.0. The van der Waals surface area contributed by atoms with Crippen LogP contribution in [0.2, 0.25) is 0 Å². The molecule has 0 aliphatic rings. The van der Waals surface area contributed by atoms with Gasteiger partial charge in [-0.05, 0) is 33.6 Å². The van der Waals surface area contributed by atoms with Gasteiger partial charge in [0, 0.05) is 10.9 Å². The molecule has 122 valence electrons. The van der Waals surface area contributed by atoms with Crippen molar-refractivity contribution in [3.8, 4) is 0 Å². The molecule has 1 aromatic heterocycles. The average Bonchev–Trinajstić information content (AvgIpc) is 3.03. The van der Waals surface area contributed by atoms with E-state index in [1.165, 1.54) is 11.8 Å². The van der Waals surface area contributed by atoms with Crippen LogP contribution < -0.4 is 5.32 Å². The molecule has 1 heterocycles. The molecule has 0 saturated heterocycles. The second kappa shape index (κ2) is 8.12. The molecule has 0 unspecified atom stereocenters. The van der Waals surface area contributed by atoms with Crippen molar-refractivity contribution < 1.29 is 4.79 Å². The minimum Gasteiger partial charge on any atom is -0.324 e. The summed E-state index contributed by atoms with van der Waals surface area (Å²) in [6.45, 7) is 0. The van der Waals surface area contributed by atoms with Crippen LogP contribution in [-0.4, -0.2) is 26.8 Å². The maximum Gasteiger partial charge on any atom is 0.234 e. The third kappa shape index (κ3) is 4.69. The first-order valence-electron chi connectivity index (χ1n) is 7.33. The average molecular weight is 403 g/mol. The summed E-state index contributed by atoms with van der Waals surface area (Å²) in [5, 5.41) is 10.5. The molecule has 5 nitrogen and oxygen atoms in total. The Morgan fingerprint density at radius 2 is 1.88 bits per heavy atom.